The molecule has 0 fully saturated rings. The lowest BCUT2D eigenvalue weighted by molar-refractivity contribution is -0.122. The Morgan fingerprint density at radius 2 is 2.33 bits per heavy atom. The third kappa shape index (κ3) is 4.46. The zero-order chi connectivity index (χ0) is 15.3. The van der Waals surface area contributed by atoms with Gasteiger partial charge in [0.15, 0.2) is 0 Å². The van der Waals surface area contributed by atoms with Gasteiger partial charge >= 0.3 is 0 Å². The fraction of sp³-hybridized carbons (Fsp3) is 0.467. The molecule has 1 amide bonds. The van der Waals surface area contributed by atoms with Gasteiger partial charge in [-0.1, -0.05) is 0 Å². The van der Waals surface area contributed by atoms with Gasteiger partial charge < -0.3 is 14.8 Å². The maximum atomic E-state index is 11.8. The number of aromatic nitrogens is 2. The van der Waals surface area contributed by atoms with Gasteiger partial charge in [-0.2, -0.15) is 5.10 Å². The van der Waals surface area contributed by atoms with Crippen molar-refractivity contribution in [3.05, 3.63) is 42.1 Å². The van der Waals surface area contributed by atoms with Crippen LogP contribution in [0, 0.1) is 6.92 Å². The number of nitrogens with zero attached hydrogens (tertiary/aromatic N) is 2. The molecule has 6 nitrogen and oxygen atoms in total. The van der Waals surface area contributed by atoms with Crippen LogP contribution >= 0.6 is 0 Å². The second kappa shape index (κ2) is 6.58. The van der Waals surface area contributed by atoms with Gasteiger partial charge in [0.2, 0.25) is 5.91 Å². The Hall–Kier alpha value is -2.08. The molecular weight excluding hydrogens is 270 g/mol. The lowest BCUT2D eigenvalue weighted by atomic mass is 10.0. The van der Waals surface area contributed by atoms with Gasteiger partial charge in [-0.05, 0) is 38.5 Å². The Kier molecular flexibility index (Phi) is 4.80. The standard InChI is InChI=1S/C15H21N3O3/c1-12-6-7-13(21-12)15(2,20)11-16-14(19)5-3-9-18-10-4-8-17-18/h4,6-8,10,20H,3,5,9,11H2,1-2H3,(H,16,19)/t15-/m1/s1. The van der Waals surface area contributed by atoms with Gasteiger partial charge in [-0.25, -0.2) is 0 Å². The van der Waals surface area contributed by atoms with E-state index < -0.39 is 5.60 Å². The first kappa shape index (κ1) is 15.3. The number of carbonyl (C=O) groups is 1. The molecule has 21 heavy (non-hydrogen) atoms. The minimum absolute atomic E-state index is 0.0919. The van der Waals surface area contributed by atoms with Crippen LogP contribution in [0.5, 0.6) is 0 Å². The van der Waals surface area contributed by atoms with E-state index in [2.05, 4.69) is 10.4 Å². The molecule has 2 aromatic heterocycles. The summed E-state index contributed by atoms with van der Waals surface area (Å²) in [6.07, 6.45) is 4.67. The Balaban J connectivity index is 1.73. The van der Waals surface area contributed by atoms with E-state index in [0.717, 1.165) is 5.76 Å². The molecule has 0 saturated carbocycles. The number of aryl methyl sites for hydroxylation is 2. The van der Waals surface area contributed by atoms with Crippen molar-refractivity contribution in [2.75, 3.05) is 6.54 Å². The molecule has 2 heterocycles. The number of amides is 1. The lowest BCUT2D eigenvalue weighted by Gasteiger charge is -2.21. The van der Waals surface area contributed by atoms with Gasteiger partial charge in [0, 0.05) is 25.4 Å². The number of rotatable bonds is 7. The van der Waals surface area contributed by atoms with Crippen molar-refractivity contribution < 1.29 is 14.3 Å². The summed E-state index contributed by atoms with van der Waals surface area (Å²) in [6, 6.07) is 5.36. The number of aliphatic hydroxyl groups is 1. The molecule has 0 aliphatic rings. The molecule has 0 aromatic carbocycles. The van der Waals surface area contributed by atoms with Gasteiger partial charge in [0.25, 0.3) is 0 Å². The maximum absolute atomic E-state index is 11.8. The average molecular weight is 291 g/mol. The summed E-state index contributed by atoms with van der Waals surface area (Å²) in [7, 11) is 0. The van der Waals surface area contributed by atoms with E-state index in [9.17, 15) is 9.90 Å². The van der Waals surface area contributed by atoms with Crippen LogP contribution in [-0.2, 0) is 16.9 Å². The van der Waals surface area contributed by atoms with E-state index in [0.29, 0.717) is 25.1 Å². The van der Waals surface area contributed by atoms with E-state index >= 15 is 0 Å². The first-order valence-electron chi connectivity index (χ1n) is 7.01. The summed E-state index contributed by atoms with van der Waals surface area (Å²) in [5.74, 6) is 1.10. The minimum atomic E-state index is -1.20. The van der Waals surface area contributed by atoms with Gasteiger partial charge in [0.1, 0.15) is 17.1 Å². The zero-order valence-corrected chi connectivity index (χ0v) is 12.4. The van der Waals surface area contributed by atoms with Gasteiger partial charge in [0.05, 0.1) is 6.54 Å². The molecule has 114 valence electrons. The highest BCUT2D eigenvalue weighted by Crippen LogP contribution is 2.21. The first-order chi connectivity index (χ1) is 9.97. The summed E-state index contributed by atoms with van der Waals surface area (Å²) >= 11 is 0. The summed E-state index contributed by atoms with van der Waals surface area (Å²) in [5, 5.41) is 17.1. The van der Waals surface area contributed by atoms with Crippen LogP contribution in [-0.4, -0.2) is 27.3 Å². The fourth-order valence-corrected chi connectivity index (χ4v) is 2.00. The van der Waals surface area contributed by atoms with E-state index in [-0.39, 0.29) is 12.5 Å². The maximum Gasteiger partial charge on any atom is 0.220 e. The van der Waals surface area contributed by atoms with Crippen molar-refractivity contribution >= 4 is 5.91 Å². The lowest BCUT2D eigenvalue weighted by Crippen LogP contribution is -2.38. The highest BCUT2D eigenvalue weighted by atomic mass is 16.4. The molecule has 6 heteroatoms. The van der Waals surface area contributed by atoms with Crippen LogP contribution in [0.4, 0.5) is 0 Å². The molecule has 0 radical (unpaired) electrons. The molecule has 0 aliphatic heterocycles. The van der Waals surface area contributed by atoms with Crippen LogP contribution in [0.1, 0.15) is 31.3 Å². The molecule has 0 bridgehead atoms. The number of hydrogen-bond donors (Lipinski definition) is 2. The molecule has 2 N–H and O–H groups in total. The van der Waals surface area contributed by atoms with E-state index in [4.69, 9.17) is 4.42 Å². The Labute approximate surface area is 123 Å². The van der Waals surface area contributed by atoms with E-state index in [1.807, 2.05) is 19.2 Å². The van der Waals surface area contributed by atoms with Crippen LogP contribution < -0.4 is 5.32 Å². The first-order valence-corrected chi connectivity index (χ1v) is 7.01. The predicted molar refractivity (Wildman–Crippen MR) is 77.5 cm³/mol. The molecule has 0 spiro atoms. The number of hydrogen-bond acceptors (Lipinski definition) is 4. The van der Waals surface area contributed by atoms with Crippen LogP contribution in [0.2, 0.25) is 0 Å². The SMILES string of the molecule is Cc1ccc([C@](C)(O)CNC(=O)CCCn2cccn2)o1. The fourth-order valence-electron chi connectivity index (χ4n) is 2.00. The smallest absolute Gasteiger partial charge is 0.220 e. The Morgan fingerprint density at radius 1 is 1.52 bits per heavy atom. The molecule has 0 unspecified atom stereocenters. The van der Waals surface area contributed by atoms with Crippen molar-refractivity contribution in [3.8, 4) is 0 Å². The second-order valence-corrected chi connectivity index (χ2v) is 5.33. The van der Waals surface area contributed by atoms with Crippen molar-refractivity contribution in [1.29, 1.82) is 0 Å². The van der Waals surface area contributed by atoms with Crippen LogP contribution in [0.15, 0.2) is 35.0 Å². The largest absolute Gasteiger partial charge is 0.463 e. The average Bonchev–Trinajstić information content (AvgIpc) is 3.08. The second-order valence-electron chi connectivity index (χ2n) is 5.33. The summed E-state index contributed by atoms with van der Waals surface area (Å²) < 4.78 is 7.18. The Bertz CT molecular complexity index is 573. The molecule has 0 saturated heterocycles. The van der Waals surface area contributed by atoms with Gasteiger partial charge in [-0.3, -0.25) is 9.48 Å². The van der Waals surface area contributed by atoms with E-state index in [1.54, 1.807) is 29.9 Å². The Morgan fingerprint density at radius 3 is 2.95 bits per heavy atom. The van der Waals surface area contributed by atoms with Crippen LogP contribution in [0.25, 0.3) is 0 Å². The molecule has 1 atom stereocenters. The quantitative estimate of drug-likeness (QED) is 0.812. The minimum Gasteiger partial charge on any atom is -0.463 e. The van der Waals surface area contributed by atoms with Crippen molar-refractivity contribution in [2.24, 2.45) is 0 Å². The molecular formula is C15H21N3O3. The normalized spacial score (nSPS) is 13.9. The third-order valence-corrected chi connectivity index (χ3v) is 3.25. The van der Waals surface area contributed by atoms with Crippen LogP contribution in [0.3, 0.4) is 0 Å². The summed E-state index contributed by atoms with van der Waals surface area (Å²) in [4.78, 5) is 11.8. The third-order valence-electron chi connectivity index (χ3n) is 3.25. The highest BCUT2D eigenvalue weighted by molar-refractivity contribution is 5.75. The molecule has 2 aromatic rings. The van der Waals surface area contributed by atoms with Gasteiger partial charge in [-0.15, -0.1) is 0 Å². The van der Waals surface area contributed by atoms with Crippen molar-refractivity contribution in [1.82, 2.24) is 15.1 Å². The predicted octanol–water partition coefficient (Wildman–Crippen LogP) is 1.59. The summed E-state index contributed by atoms with van der Waals surface area (Å²) in [5.41, 5.74) is -1.20. The summed E-state index contributed by atoms with van der Waals surface area (Å²) in [6.45, 7) is 4.26. The monoisotopic (exact) mass is 291 g/mol. The van der Waals surface area contributed by atoms with Crippen molar-refractivity contribution in [2.45, 2.75) is 38.8 Å². The van der Waals surface area contributed by atoms with E-state index in [1.165, 1.54) is 0 Å². The number of nitrogens with one attached hydrogen (secondary N) is 1. The molecule has 0 aliphatic carbocycles. The number of carbonyl (C=O) groups excluding carboxylic acids is 1. The number of furan rings is 1. The zero-order valence-electron chi connectivity index (χ0n) is 12.4. The topological polar surface area (TPSA) is 80.3 Å². The molecule has 2 rings (SSSR count). The highest BCUT2D eigenvalue weighted by Gasteiger charge is 2.27. The van der Waals surface area contributed by atoms with Crippen molar-refractivity contribution in [3.63, 3.8) is 0 Å².